The zero-order chi connectivity index (χ0) is 29.0. The lowest BCUT2D eigenvalue weighted by Gasteiger charge is -2.45. The van der Waals surface area contributed by atoms with Crippen LogP contribution in [0.2, 0.25) is 10.0 Å². The van der Waals surface area contributed by atoms with E-state index >= 15 is 0 Å². The number of anilines is 1. The molecule has 1 amide bonds. The highest BCUT2D eigenvalue weighted by Crippen LogP contribution is 2.31. The molecule has 0 saturated carbocycles. The number of ether oxygens (including phenoxy) is 1. The monoisotopic (exact) mass is 598 g/mol. The Balaban J connectivity index is 1.32. The zero-order valence-electron chi connectivity index (χ0n) is 23.5. The van der Waals surface area contributed by atoms with Gasteiger partial charge in [-0.3, -0.25) is 9.69 Å². The molecule has 4 heterocycles. The topological polar surface area (TPSA) is 93.7 Å². The van der Waals surface area contributed by atoms with Gasteiger partial charge in [0.2, 0.25) is 11.8 Å². The molecular weight excluding hydrogens is 563 g/mol. The van der Waals surface area contributed by atoms with Gasteiger partial charge in [0.05, 0.1) is 45.1 Å². The SMILES string of the molecule is CC(=O)NCC1CCN(Cc2cc(Oc3ccc(N4CC[N+](C)([O-])CC4)nc3)nc(-c3cc(Cl)cc(Cl)c3)c2)CC1. The van der Waals surface area contributed by atoms with Crippen LogP contribution in [-0.2, 0) is 11.3 Å². The minimum atomic E-state index is -0.213. The fraction of sp³-hybridized carbons (Fsp3) is 0.433. The van der Waals surface area contributed by atoms with Gasteiger partial charge in [-0.15, -0.1) is 0 Å². The van der Waals surface area contributed by atoms with E-state index in [1.54, 1.807) is 26.2 Å². The van der Waals surface area contributed by atoms with Gasteiger partial charge in [-0.05, 0) is 73.8 Å². The second kappa shape index (κ2) is 12.9. The van der Waals surface area contributed by atoms with Crippen molar-refractivity contribution in [1.29, 1.82) is 0 Å². The number of pyridine rings is 2. The highest BCUT2D eigenvalue weighted by Gasteiger charge is 2.23. The highest BCUT2D eigenvalue weighted by molar-refractivity contribution is 6.35. The summed E-state index contributed by atoms with van der Waals surface area (Å²) in [6.45, 7) is 7.38. The summed E-state index contributed by atoms with van der Waals surface area (Å²) in [5.41, 5.74) is 2.60. The molecule has 2 aliphatic rings. The summed E-state index contributed by atoms with van der Waals surface area (Å²) in [5, 5.41) is 16.2. The maximum atomic E-state index is 12.2. The first-order valence-corrected chi connectivity index (χ1v) is 14.8. The fourth-order valence-corrected chi connectivity index (χ4v) is 5.83. The molecular formula is C30H36Cl2N6O3. The number of nitrogens with one attached hydrogen (secondary N) is 1. The molecule has 0 spiro atoms. The average Bonchev–Trinajstić information content (AvgIpc) is 2.92. The number of hydrogen-bond donors (Lipinski definition) is 1. The number of aromatic nitrogens is 2. The number of likely N-dealkylation sites (N-methyl/N-ethyl adjacent to an activating group) is 1. The molecule has 2 aromatic heterocycles. The number of halogens is 2. The molecule has 0 aliphatic carbocycles. The van der Waals surface area contributed by atoms with Gasteiger partial charge in [-0.1, -0.05) is 23.2 Å². The first-order valence-electron chi connectivity index (χ1n) is 14.0. The zero-order valence-corrected chi connectivity index (χ0v) is 25.0. The van der Waals surface area contributed by atoms with E-state index in [0.29, 0.717) is 53.8 Å². The molecule has 11 heteroatoms. The predicted molar refractivity (Wildman–Crippen MR) is 162 cm³/mol. The first kappa shape index (κ1) is 29.5. The number of likely N-dealkylation sites (tertiary alicyclic amines) is 1. The van der Waals surface area contributed by atoms with Gasteiger partial charge in [0, 0.05) is 41.7 Å². The van der Waals surface area contributed by atoms with E-state index in [-0.39, 0.29) is 10.6 Å². The number of amides is 1. The fourth-order valence-electron chi connectivity index (χ4n) is 5.31. The van der Waals surface area contributed by atoms with E-state index in [1.807, 2.05) is 30.3 Å². The predicted octanol–water partition coefficient (Wildman–Crippen LogP) is 5.36. The lowest BCUT2D eigenvalue weighted by molar-refractivity contribution is -0.861. The standard InChI is InChI=1S/C30H36Cl2N6O3/c1-21(39)33-18-22-5-7-36(8-6-22)20-23-13-28(24-15-25(31)17-26(32)16-24)35-30(14-23)41-27-3-4-29(34-19-27)37-9-11-38(2,40)12-10-37/h3-4,13-17,19,22H,5-12,18,20H2,1-2H3,(H,33,39). The molecule has 2 aliphatic heterocycles. The summed E-state index contributed by atoms with van der Waals surface area (Å²) in [6.07, 6.45) is 3.76. The quantitative estimate of drug-likeness (QED) is 0.276. The van der Waals surface area contributed by atoms with Crippen molar-refractivity contribution in [2.45, 2.75) is 26.3 Å². The molecule has 3 aromatic rings. The Labute approximate surface area is 251 Å². The van der Waals surface area contributed by atoms with Crippen LogP contribution in [0.1, 0.15) is 25.3 Å². The molecule has 0 atom stereocenters. The highest BCUT2D eigenvalue weighted by atomic mass is 35.5. The molecule has 2 saturated heterocycles. The first-order chi connectivity index (χ1) is 19.6. The van der Waals surface area contributed by atoms with E-state index < -0.39 is 0 Å². The van der Waals surface area contributed by atoms with Gasteiger partial charge in [0.1, 0.15) is 11.6 Å². The van der Waals surface area contributed by atoms with E-state index in [0.717, 1.165) is 61.7 Å². The van der Waals surface area contributed by atoms with Gasteiger partial charge in [0.25, 0.3) is 0 Å². The Morgan fingerprint density at radius 1 is 1.07 bits per heavy atom. The van der Waals surface area contributed by atoms with E-state index in [4.69, 9.17) is 32.9 Å². The van der Waals surface area contributed by atoms with Crippen LogP contribution in [0.4, 0.5) is 5.82 Å². The molecule has 41 heavy (non-hydrogen) atoms. The number of piperazine rings is 1. The number of piperidine rings is 1. The third-order valence-corrected chi connectivity index (χ3v) is 8.16. The molecule has 1 aromatic carbocycles. The smallest absolute Gasteiger partial charge is 0.220 e. The van der Waals surface area contributed by atoms with Gasteiger partial charge in [0.15, 0.2) is 0 Å². The molecule has 0 unspecified atom stereocenters. The van der Waals surface area contributed by atoms with Crippen LogP contribution in [0.5, 0.6) is 11.6 Å². The molecule has 5 rings (SSSR count). The van der Waals surface area contributed by atoms with Crippen molar-refractivity contribution < 1.29 is 14.2 Å². The third-order valence-electron chi connectivity index (χ3n) is 7.73. The van der Waals surface area contributed by atoms with E-state index in [2.05, 4.69) is 26.2 Å². The normalized spacial score (nSPS) is 17.8. The van der Waals surface area contributed by atoms with Crippen LogP contribution in [0, 0.1) is 11.1 Å². The molecule has 9 nitrogen and oxygen atoms in total. The Morgan fingerprint density at radius 3 is 2.41 bits per heavy atom. The molecule has 0 radical (unpaired) electrons. The second-order valence-electron chi connectivity index (χ2n) is 11.2. The second-order valence-corrected chi connectivity index (χ2v) is 12.1. The Bertz CT molecular complexity index is 1330. The molecule has 0 bridgehead atoms. The number of carbonyl (C=O) groups is 1. The number of quaternary nitrogens is 1. The van der Waals surface area contributed by atoms with Gasteiger partial charge < -0.3 is 24.8 Å². The van der Waals surface area contributed by atoms with Crippen molar-refractivity contribution in [3.05, 3.63) is 69.5 Å². The average molecular weight is 600 g/mol. The minimum absolute atomic E-state index is 0.0212. The Hall–Kier alpha value is -2.95. The minimum Gasteiger partial charge on any atom is -0.633 e. The van der Waals surface area contributed by atoms with Crippen molar-refractivity contribution in [2.75, 3.05) is 57.8 Å². The van der Waals surface area contributed by atoms with Crippen LogP contribution in [0.3, 0.4) is 0 Å². The lowest BCUT2D eigenvalue weighted by Crippen LogP contribution is -2.53. The summed E-state index contributed by atoms with van der Waals surface area (Å²) in [7, 11) is 1.71. The van der Waals surface area contributed by atoms with Crippen LogP contribution < -0.4 is 15.0 Å². The van der Waals surface area contributed by atoms with Gasteiger partial charge in [-0.25, -0.2) is 9.97 Å². The van der Waals surface area contributed by atoms with Crippen molar-refractivity contribution in [3.63, 3.8) is 0 Å². The number of hydrogen-bond acceptors (Lipinski definition) is 7. The Kier molecular flexibility index (Phi) is 9.31. The summed E-state index contributed by atoms with van der Waals surface area (Å²) in [5.74, 6) is 2.39. The summed E-state index contributed by atoms with van der Waals surface area (Å²) >= 11 is 12.6. The van der Waals surface area contributed by atoms with Crippen molar-refractivity contribution in [2.24, 2.45) is 5.92 Å². The number of nitrogens with zero attached hydrogens (tertiary/aromatic N) is 5. The van der Waals surface area contributed by atoms with Crippen LogP contribution in [0.15, 0.2) is 48.7 Å². The molecule has 2 fully saturated rings. The van der Waals surface area contributed by atoms with Crippen molar-refractivity contribution in [1.82, 2.24) is 20.2 Å². The van der Waals surface area contributed by atoms with Gasteiger partial charge >= 0.3 is 0 Å². The van der Waals surface area contributed by atoms with Crippen molar-refractivity contribution >= 4 is 34.9 Å². The number of benzene rings is 1. The van der Waals surface area contributed by atoms with E-state index in [9.17, 15) is 10.0 Å². The summed E-state index contributed by atoms with van der Waals surface area (Å²) in [4.78, 5) is 25.2. The maximum absolute atomic E-state index is 12.2. The largest absolute Gasteiger partial charge is 0.633 e. The number of carbonyl (C=O) groups excluding carboxylic acids is 1. The summed E-state index contributed by atoms with van der Waals surface area (Å²) in [6, 6.07) is 13.2. The molecule has 218 valence electrons. The van der Waals surface area contributed by atoms with Crippen LogP contribution in [-0.4, -0.2) is 78.3 Å². The molecule has 1 N–H and O–H groups in total. The number of hydroxylamine groups is 3. The number of rotatable bonds is 8. The maximum Gasteiger partial charge on any atom is 0.220 e. The van der Waals surface area contributed by atoms with Crippen molar-refractivity contribution in [3.8, 4) is 22.9 Å². The van der Waals surface area contributed by atoms with Crippen LogP contribution >= 0.6 is 23.2 Å². The summed E-state index contributed by atoms with van der Waals surface area (Å²) < 4.78 is 5.99. The van der Waals surface area contributed by atoms with Gasteiger partial charge in [-0.2, -0.15) is 0 Å². The van der Waals surface area contributed by atoms with E-state index in [1.165, 1.54) is 0 Å². The van der Waals surface area contributed by atoms with Crippen LogP contribution in [0.25, 0.3) is 11.3 Å². The lowest BCUT2D eigenvalue weighted by atomic mass is 9.96. The Morgan fingerprint density at radius 2 is 1.78 bits per heavy atom. The third kappa shape index (κ3) is 8.30.